The standard InChI is InChI=1S/C23H24N4/c1-3-19(2)27(15-9-12-20-10-5-4-6-11-20)18-21-16-25-23(26-17-21)22-13-7-8-14-24-22/h4-8,10-11,13-14,16-17,19H,3,15,18H2,1-2H3. The average molecular weight is 356 g/mol. The van der Waals surface area contributed by atoms with Gasteiger partial charge in [-0.2, -0.15) is 0 Å². The van der Waals surface area contributed by atoms with Crippen LogP contribution in [0.3, 0.4) is 0 Å². The van der Waals surface area contributed by atoms with Gasteiger partial charge in [-0.1, -0.05) is 43.0 Å². The lowest BCUT2D eigenvalue weighted by atomic mass is 10.2. The third kappa shape index (κ3) is 5.47. The van der Waals surface area contributed by atoms with Crippen LogP contribution in [0.15, 0.2) is 67.1 Å². The van der Waals surface area contributed by atoms with Crippen LogP contribution in [0.2, 0.25) is 0 Å². The Morgan fingerprint density at radius 3 is 2.37 bits per heavy atom. The second kappa shape index (κ2) is 9.61. The van der Waals surface area contributed by atoms with Gasteiger partial charge in [0.15, 0.2) is 5.82 Å². The first-order valence-electron chi connectivity index (χ1n) is 9.26. The van der Waals surface area contributed by atoms with E-state index in [0.29, 0.717) is 18.4 Å². The molecule has 0 bridgehead atoms. The van der Waals surface area contributed by atoms with E-state index in [1.165, 1.54) is 0 Å². The van der Waals surface area contributed by atoms with Gasteiger partial charge in [-0.15, -0.1) is 0 Å². The van der Waals surface area contributed by atoms with Crippen LogP contribution in [-0.2, 0) is 6.54 Å². The summed E-state index contributed by atoms with van der Waals surface area (Å²) in [6, 6.07) is 16.3. The second-order valence-corrected chi connectivity index (χ2v) is 6.46. The molecule has 3 aromatic rings. The molecule has 1 unspecified atom stereocenters. The Labute approximate surface area is 161 Å². The van der Waals surface area contributed by atoms with E-state index in [1.807, 2.05) is 60.9 Å². The van der Waals surface area contributed by atoms with Crippen LogP contribution in [0.4, 0.5) is 0 Å². The van der Waals surface area contributed by atoms with E-state index in [2.05, 4.69) is 45.5 Å². The maximum Gasteiger partial charge on any atom is 0.178 e. The van der Waals surface area contributed by atoms with Crippen molar-refractivity contribution in [2.45, 2.75) is 32.9 Å². The minimum absolute atomic E-state index is 0.436. The van der Waals surface area contributed by atoms with Crippen LogP contribution in [-0.4, -0.2) is 32.4 Å². The molecule has 0 aliphatic carbocycles. The molecule has 2 aromatic heterocycles. The van der Waals surface area contributed by atoms with Gasteiger partial charge in [-0.25, -0.2) is 9.97 Å². The Hall–Kier alpha value is -3.03. The summed E-state index contributed by atoms with van der Waals surface area (Å²) in [6.07, 6.45) is 6.59. The van der Waals surface area contributed by atoms with Gasteiger partial charge in [0.25, 0.3) is 0 Å². The molecule has 136 valence electrons. The van der Waals surface area contributed by atoms with E-state index in [0.717, 1.165) is 29.8 Å². The van der Waals surface area contributed by atoms with Crippen molar-refractivity contribution >= 4 is 0 Å². The molecule has 3 rings (SSSR count). The van der Waals surface area contributed by atoms with Crippen molar-refractivity contribution in [1.29, 1.82) is 0 Å². The minimum atomic E-state index is 0.436. The molecular weight excluding hydrogens is 332 g/mol. The first-order valence-corrected chi connectivity index (χ1v) is 9.26. The smallest absolute Gasteiger partial charge is 0.178 e. The molecule has 1 aromatic carbocycles. The SMILES string of the molecule is CCC(C)N(CC#Cc1ccccc1)Cc1cnc(-c2ccccn2)nc1. The molecule has 0 saturated carbocycles. The van der Waals surface area contributed by atoms with Gasteiger partial charge in [0.2, 0.25) is 0 Å². The highest BCUT2D eigenvalue weighted by atomic mass is 15.1. The van der Waals surface area contributed by atoms with Gasteiger partial charge in [0.05, 0.1) is 6.54 Å². The topological polar surface area (TPSA) is 41.9 Å². The van der Waals surface area contributed by atoms with Crippen LogP contribution >= 0.6 is 0 Å². The van der Waals surface area contributed by atoms with E-state index in [9.17, 15) is 0 Å². The molecule has 1 atom stereocenters. The second-order valence-electron chi connectivity index (χ2n) is 6.46. The lowest BCUT2D eigenvalue weighted by molar-refractivity contribution is 0.220. The monoisotopic (exact) mass is 356 g/mol. The number of aromatic nitrogens is 3. The normalized spacial score (nSPS) is 11.7. The highest BCUT2D eigenvalue weighted by Gasteiger charge is 2.12. The van der Waals surface area contributed by atoms with E-state index in [4.69, 9.17) is 0 Å². The summed E-state index contributed by atoms with van der Waals surface area (Å²) in [4.78, 5) is 15.6. The molecule has 0 amide bonds. The predicted molar refractivity (Wildman–Crippen MR) is 109 cm³/mol. The van der Waals surface area contributed by atoms with E-state index < -0.39 is 0 Å². The molecule has 2 heterocycles. The fraction of sp³-hybridized carbons (Fsp3) is 0.261. The largest absolute Gasteiger partial charge is 0.285 e. The lowest BCUT2D eigenvalue weighted by Crippen LogP contribution is -2.32. The molecule has 27 heavy (non-hydrogen) atoms. The predicted octanol–water partition coefficient (Wildman–Crippen LogP) is 4.19. The van der Waals surface area contributed by atoms with Crippen LogP contribution in [0.5, 0.6) is 0 Å². The van der Waals surface area contributed by atoms with Crippen molar-refractivity contribution in [2.24, 2.45) is 0 Å². The van der Waals surface area contributed by atoms with Crippen molar-refractivity contribution in [1.82, 2.24) is 19.9 Å². The maximum atomic E-state index is 4.48. The molecule has 0 aliphatic heterocycles. The molecule has 4 heteroatoms. The van der Waals surface area contributed by atoms with Gasteiger partial charge in [-0.05, 0) is 37.6 Å². The number of hydrogen-bond donors (Lipinski definition) is 0. The molecule has 0 N–H and O–H groups in total. The highest BCUT2D eigenvalue weighted by molar-refractivity contribution is 5.47. The van der Waals surface area contributed by atoms with Crippen molar-refractivity contribution in [2.75, 3.05) is 6.54 Å². The Kier molecular flexibility index (Phi) is 6.67. The number of benzene rings is 1. The lowest BCUT2D eigenvalue weighted by Gasteiger charge is -2.26. The van der Waals surface area contributed by atoms with Crippen LogP contribution in [0.1, 0.15) is 31.4 Å². The molecule has 0 radical (unpaired) electrons. The fourth-order valence-electron chi connectivity index (χ4n) is 2.69. The van der Waals surface area contributed by atoms with Gasteiger partial charge < -0.3 is 0 Å². The Morgan fingerprint density at radius 1 is 0.963 bits per heavy atom. The maximum absolute atomic E-state index is 4.48. The van der Waals surface area contributed by atoms with Crippen molar-refractivity contribution in [3.63, 3.8) is 0 Å². The zero-order valence-corrected chi connectivity index (χ0v) is 15.8. The first-order chi connectivity index (χ1) is 13.3. The summed E-state index contributed by atoms with van der Waals surface area (Å²) in [6.45, 7) is 5.92. The van der Waals surface area contributed by atoms with Crippen molar-refractivity contribution in [3.8, 4) is 23.4 Å². The molecular formula is C23H24N4. The molecule has 4 nitrogen and oxygen atoms in total. The van der Waals surface area contributed by atoms with Crippen molar-refractivity contribution in [3.05, 3.63) is 78.2 Å². The zero-order valence-electron chi connectivity index (χ0n) is 15.8. The first kappa shape index (κ1) is 18.8. The molecule has 0 fully saturated rings. The summed E-state index contributed by atoms with van der Waals surface area (Å²) in [7, 11) is 0. The molecule has 0 aliphatic rings. The summed E-state index contributed by atoms with van der Waals surface area (Å²) >= 11 is 0. The number of rotatable bonds is 6. The molecule has 0 spiro atoms. The van der Waals surface area contributed by atoms with E-state index in [-0.39, 0.29) is 0 Å². The van der Waals surface area contributed by atoms with Gasteiger partial charge in [0.1, 0.15) is 5.69 Å². The average Bonchev–Trinajstić information content (AvgIpc) is 2.74. The van der Waals surface area contributed by atoms with Crippen LogP contribution < -0.4 is 0 Å². The number of nitrogens with zero attached hydrogens (tertiary/aromatic N) is 4. The van der Waals surface area contributed by atoms with Gasteiger partial charge in [0, 0.05) is 42.3 Å². The van der Waals surface area contributed by atoms with Crippen molar-refractivity contribution < 1.29 is 0 Å². The summed E-state index contributed by atoms with van der Waals surface area (Å²) in [5.41, 5.74) is 2.91. The zero-order chi connectivity index (χ0) is 18.9. The van der Waals surface area contributed by atoms with E-state index >= 15 is 0 Å². The van der Waals surface area contributed by atoms with E-state index in [1.54, 1.807) is 6.20 Å². The number of pyridine rings is 1. The number of hydrogen-bond acceptors (Lipinski definition) is 4. The summed E-state index contributed by atoms with van der Waals surface area (Å²) in [5.74, 6) is 7.19. The summed E-state index contributed by atoms with van der Waals surface area (Å²) in [5, 5.41) is 0. The minimum Gasteiger partial charge on any atom is -0.285 e. The summed E-state index contributed by atoms with van der Waals surface area (Å²) < 4.78 is 0. The van der Waals surface area contributed by atoms with Crippen LogP contribution in [0.25, 0.3) is 11.5 Å². The quantitative estimate of drug-likeness (QED) is 0.621. The van der Waals surface area contributed by atoms with Gasteiger partial charge >= 0.3 is 0 Å². The Morgan fingerprint density at radius 2 is 1.70 bits per heavy atom. The Bertz CT molecular complexity index is 880. The van der Waals surface area contributed by atoms with Crippen LogP contribution in [0, 0.1) is 11.8 Å². The fourth-order valence-corrected chi connectivity index (χ4v) is 2.69. The third-order valence-electron chi connectivity index (χ3n) is 4.49. The van der Waals surface area contributed by atoms with Gasteiger partial charge in [-0.3, -0.25) is 9.88 Å². The Balaban J connectivity index is 1.68. The highest BCUT2D eigenvalue weighted by Crippen LogP contribution is 2.13. The molecule has 0 saturated heterocycles. The third-order valence-corrected chi connectivity index (χ3v) is 4.49.